The molecule has 0 fully saturated rings. The summed E-state index contributed by atoms with van der Waals surface area (Å²) in [5, 5.41) is 4.68. The summed E-state index contributed by atoms with van der Waals surface area (Å²) in [5.74, 6) is 0.520. The molecule has 0 aliphatic rings. The standard InChI is InChI=1S/C19H23ClN2O2/c1-14(12-15-4-8-17(20)9-5-15)13-16-6-10-18(11-7-16)21-19(23)22(2)24-3/h4-11,14H,12-13H2,1-3H3,(H,21,23). The average Bonchev–Trinajstić information content (AvgIpc) is 2.58. The van der Waals surface area contributed by atoms with Crippen molar-refractivity contribution in [3.05, 3.63) is 64.7 Å². The van der Waals surface area contributed by atoms with Gasteiger partial charge in [0.1, 0.15) is 0 Å². The molecule has 0 radical (unpaired) electrons. The molecule has 1 atom stereocenters. The number of amides is 2. The molecule has 4 nitrogen and oxygen atoms in total. The lowest BCUT2D eigenvalue weighted by molar-refractivity contribution is -0.0598. The number of carbonyl (C=O) groups excluding carboxylic acids is 1. The predicted molar refractivity (Wildman–Crippen MR) is 98.3 cm³/mol. The minimum atomic E-state index is -0.304. The highest BCUT2D eigenvalue weighted by molar-refractivity contribution is 6.30. The van der Waals surface area contributed by atoms with Gasteiger partial charge in [0.25, 0.3) is 0 Å². The van der Waals surface area contributed by atoms with Crippen LogP contribution in [0.15, 0.2) is 48.5 Å². The van der Waals surface area contributed by atoms with Crippen molar-refractivity contribution in [2.45, 2.75) is 19.8 Å². The first-order chi connectivity index (χ1) is 11.5. The summed E-state index contributed by atoms with van der Waals surface area (Å²) in [5.41, 5.74) is 3.28. The second-order valence-electron chi connectivity index (χ2n) is 5.95. The highest BCUT2D eigenvalue weighted by atomic mass is 35.5. The molecule has 0 heterocycles. The minimum absolute atomic E-state index is 0.304. The zero-order chi connectivity index (χ0) is 17.5. The molecule has 24 heavy (non-hydrogen) atoms. The van der Waals surface area contributed by atoms with Crippen molar-refractivity contribution in [3.8, 4) is 0 Å². The Hall–Kier alpha value is -2.04. The molecule has 2 aromatic rings. The summed E-state index contributed by atoms with van der Waals surface area (Å²) in [6.07, 6.45) is 1.99. The Bertz CT molecular complexity index is 656. The molecule has 2 rings (SSSR count). The van der Waals surface area contributed by atoms with Crippen molar-refractivity contribution in [2.24, 2.45) is 5.92 Å². The Morgan fingerprint density at radius 1 is 1.08 bits per heavy atom. The lowest BCUT2D eigenvalue weighted by atomic mass is 9.94. The zero-order valence-electron chi connectivity index (χ0n) is 14.3. The van der Waals surface area contributed by atoms with Crippen LogP contribution in [0.25, 0.3) is 0 Å². The largest absolute Gasteiger partial charge is 0.345 e. The number of urea groups is 1. The van der Waals surface area contributed by atoms with Crippen molar-refractivity contribution >= 4 is 23.3 Å². The number of nitrogens with one attached hydrogen (secondary N) is 1. The molecule has 1 unspecified atom stereocenters. The molecule has 0 aliphatic heterocycles. The van der Waals surface area contributed by atoms with E-state index in [1.807, 2.05) is 36.4 Å². The smallest absolute Gasteiger partial charge is 0.306 e. The van der Waals surface area contributed by atoms with Crippen LogP contribution < -0.4 is 5.32 Å². The van der Waals surface area contributed by atoms with Gasteiger partial charge in [0.05, 0.1) is 7.11 Å². The Balaban J connectivity index is 1.88. The number of nitrogens with zero attached hydrogens (tertiary/aromatic N) is 1. The van der Waals surface area contributed by atoms with E-state index >= 15 is 0 Å². The summed E-state index contributed by atoms with van der Waals surface area (Å²) in [4.78, 5) is 16.6. The van der Waals surface area contributed by atoms with Gasteiger partial charge in [-0.15, -0.1) is 0 Å². The fourth-order valence-corrected chi connectivity index (χ4v) is 2.63. The summed E-state index contributed by atoms with van der Waals surface area (Å²) in [6, 6.07) is 15.6. The third kappa shape index (κ3) is 5.55. The van der Waals surface area contributed by atoms with Crippen molar-refractivity contribution in [1.29, 1.82) is 0 Å². The number of hydroxylamine groups is 2. The molecule has 0 aromatic heterocycles. The molecule has 0 bridgehead atoms. The van der Waals surface area contributed by atoms with Gasteiger partial charge >= 0.3 is 6.03 Å². The van der Waals surface area contributed by atoms with Crippen molar-refractivity contribution in [3.63, 3.8) is 0 Å². The second kappa shape index (κ2) is 8.71. The first-order valence-corrected chi connectivity index (χ1v) is 8.28. The van der Waals surface area contributed by atoms with E-state index in [0.29, 0.717) is 5.92 Å². The van der Waals surface area contributed by atoms with Gasteiger partial charge in [0, 0.05) is 17.8 Å². The first kappa shape index (κ1) is 18.3. The molecule has 0 spiro atoms. The van der Waals surface area contributed by atoms with Gasteiger partial charge in [0.15, 0.2) is 0 Å². The lowest BCUT2D eigenvalue weighted by Gasteiger charge is -2.15. The molecule has 2 aromatic carbocycles. The number of carbonyl (C=O) groups is 1. The molecular formula is C19H23ClN2O2. The predicted octanol–water partition coefficient (Wildman–Crippen LogP) is 4.79. The third-order valence-corrected chi connectivity index (χ3v) is 4.10. The Kier molecular flexibility index (Phi) is 6.64. The normalized spacial score (nSPS) is 11.8. The maximum atomic E-state index is 11.7. The van der Waals surface area contributed by atoms with Gasteiger partial charge < -0.3 is 5.32 Å². The SMILES string of the molecule is CON(C)C(=O)Nc1ccc(CC(C)Cc2ccc(Cl)cc2)cc1. The number of benzene rings is 2. The van der Waals surface area contributed by atoms with Crippen molar-refractivity contribution in [1.82, 2.24) is 5.06 Å². The van der Waals surface area contributed by atoms with Gasteiger partial charge in [-0.1, -0.05) is 42.8 Å². The molecule has 0 aliphatic carbocycles. The lowest BCUT2D eigenvalue weighted by Crippen LogP contribution is -2.30. The number of hydrogen-bond acceptors (Lipinski definition) is 2. The number of hydrogen-bond donors (Lipinski definition) is 1. The van der Waals surface area contributed by atoms with Gasteiger partial charge in [-0.3, -0.25) is 4.84 Å². The maximum absolute atomic E-state index is 11.7. The van der Waals surface area contributed by atoms with E-state index in [1.165, 1.54) is 18.2 Å². The quantitative estimate of drug-likeness (QED) is 0.764. The van der Waals surface area contributed by atoms with Gasteiger partial charge in [-0.2, -0.15) is 0 Å². The molecule has 0 saturated heterocycles. The number of rotatable bonds is 6. The molecular weight excluding hydrogens is 324 g/mol. The van der Waals surface area contributed by atoms with Crippen LogP contribution in [0.4, 0.5) is 10.5 Å². The minimum Gasteiger partial charge on any atom is -0.306 e. The summed E-state index contributed by atoms with van der Waals surface area (Å²) in [7, 11) is 3.01. The molecule has 1 N–H and O–H groups in total. The van der Waals surface area contributed by atoms with Gasteiger partial charge in [0.2, 0.25) is 0 Å². The van der Waals surface area contributed by atoms with Crippen LogP contribution in [0.3, 0.4) is 0 Å². The fourth-order valence-electron chi connectivity index (χ4n) is 2.51. The van der Waals surface area contributed by atoms with Gasteiger partial charge in [-0.25, -0.2) is 9.86 Å². The highest BCUT2D eigenvalue weighted by Crippen LogP contribution is 2.18. The first-order valence-electron chi connectivity index (χ1n) is 7.90. The average molecular weight is 347 g/mol. The molecule has 128 valence electrons. The van der Waals surface area contributed by atoms with Crippen LogP contribution in [0.5, 0.6) is 0 Å². The summed E-state index contributed by atoms with van der Waals surface area (Å²) < 4.78 is 0. The molecule has 5 heteroatoms. The van der Waals surface area contributed by atoms with Crippen molar-refractivity contribution < 1.29 is 9.63 Å². The van der Waals surface area contributed by atoms with Crippen LogP contribution in [-0.2, 0) is 17.7 Å². The number of halogens is 1. The van der Waals surface area contributed by atoms with E-state index in [1.54, 1.807) is 7.05 Å². The van der Waals surface area contributed by atoms with Gasteiger partial charge in [-0.05, 0) is 54.2 Å². The van der Waals surface area contributed by atoms with Crippen LogP contribution in [-0.4, -0.2) is 25.3 Å². The monoisotopic (exact) mass is 346 g/mol. The molecule has 0 saturated carbocycles. The van der Waals surface area contributed by atoms with E-state index < -0.39 is 0 Å². The van der Waals surface area contributed by atoms with Crippen LogP contribution >= 0.6 is 11.6 Å². The summed E-state index contributed by atoms with van der Waals surface area (Å²) >= 11 is 5.92. The van der Waals surface area contributed by atoms with Crippen LogP contribution in [0.1, 0.15) is 18.1 Å². The Morgan fingerprint density at radius 3 is 2.08 bits per heavy atom. The topological polar surface area (TPSA) is 41.6 Å². The van der Waals surface area contributed by atoms with Crippen LogP contribution in [0.2, 0.25) is 5.02 Å². The Labute approximate surface area is 148 Å². The maximum Gasteiger partial charge on any atom is 0.345 e. The van der Waals surface area contributed by atoms with E-state index in [2.05, 4.69) is 24.4 Å². The Morgan fingerprint density at radius 2 is 1.58 bits per heavy atom. The molecule has 2 amide bonds. The van der Waals surface area contributed by atoms with Crippen molar-refractivity contribution in [2.75, 3.05) is 19.5 Å². The third-order valence-electron chi connectivity index (χ3n) is 3.85. The highest BCUT2D eigenvalue weighted by Gasteiger charge is 2.09. The second-order valence-corrected chi connectivity index (χ2v) is 6.38. The zero-order valence-corrected chi connectivity index (χ0v) is 15.0. The van der Waals surface area contributed by atoms with E-state index in [0.717, 1.165) is 28.6 Å². The number of anilines is 1. The summed E-state index contributed by atoms with van der Waals surface area (Å²) in [6.45, 7) is 2.23. The van der Waals surface area contributed by atoms with Crippen LogP contribution in [0, 0.1) is 5.92 Å². The van der Waals surface area contributed by atoms with E-state index in [9.17, 15) is 4.79 Å². The fraction of sp³-hybridized carbons (Fsp3) is 0.316. The van der Waals surface area contributed by atoms with E-state index in [4.69, 9.17) is 16.4 Å². The van der Waals surface area contributed by atoms with E-state index in [-0.39, 0.29) is 6.03 Å².